The summed E-state index contributed by atoms with van der Waals surface area (Å²) in [5.41, 5.74) is 2.30. The van der Waals surface area contributed by atoms with E-state index in [-0.39, 0.29) is 0 Å². The Balaban J connectivity index is 1.95. The minimum absolute atomic E-state index is 0.298. The molecule has 1 aromatic heterocycles. The molecular formula is C13H17N3O. The van der Waals surface area contributed by atoms with Gasteiger partial charge < -0.3 is 9.84 Å². The van der Waals surface area contributed by atoms with Gasteiger partial charge in [0, 0.05) is 11.6 Å². The van der Waals surface area contributed by atoms with Crippen molar-refractivity contribution in [3.05, 3.63) is 41.5 Å². The van der Waals surface area contributed by atoms with Crippen LogP contribution in [0, 0.1) is 6.92 Å². The van der Waals surface area contributed by atoms with E-state index in [9.17, 15) is 0 Å². The van der Waals surface area contributed by atoms with Crippen LogP contribution in [0.25, 0.3) is 0 Å². The first-order chi connectivity index (χ1) is 8.15. The van der Waals surface area contributed by atoms with Crippen LogP contribution in [0.3, 0.4) is 0 Å². The highest BCUT2D eigenvalue weighted by Gasteiger charge is 2.08. The Kier molecular flexibility index (Phi) is 3.42. The molecule has 0 radical (unpaired) electrons. The molecule has 4 nitrogen and oxygen atoms in total. The minimum atomic E-state index is 0.298. The van der Waals surface area contributed by atoms with Crippen molar-refractivity contribution in [2.24, 2.45) is 0 Å². The zero-order valence-electron chi connectivity index (χ0n) is 10.4. The normalized spacial score (nSPS) is 10.8. The Hall–Kier alpha value is -1.84. The summed E-state index contributed by atoms with van der Waals surface area (Å²) in [6.07, 6.45) is 0. The predicted molar refractivity (Wildman–Crippen MR) is 66.9 cm³/mol. The molecule has 0 unspecified atom stereocenters. The molecule has 1 heterocycles. The van der Waals surface area contributed by atoms with Gasteiger partial charge in [-0.1, -0.05) is 36.7 Å². The molecule has 0 aliphatic heterocycles. The third kappa shape index (κ3) is 3.06. The van der Waals surface area contributed by atoms with Gasteiger partial charge in [0.2, 0.25) is 5.89 Å². The number of nitrogens with zero attached hydrogens (tertiary/aromatic N) is 2. The second-order valence-electron chi connectivity index (χ2n) is 4.42. The van der Waals surface area contributed by atoms with Crippen LogP contribution in [0.4, 0.5) is 5.69 Å². The third-order valence-corrected chi connectivity index (χ3v) is 2.50. The smallest absolute Gasteiger partial charge is 0.245 e. The van der Waals surface area contributed by atoms with Crippen LogP contribution in [0.15, 0.2) is 28.8 Å². The van der Waals surface area contributed by atoms with Gasteiger partial charge in [0.25, 0.3) is 0 Å². The van der Waals surface area contributed by atoms with Crippen molar-refractivity contribution >= 4 is 5.69 Å². The Morgan fingerprint density at radius 3 is 2.53 bits per heavy atom. The molecule has 0 aliphatic rings. The largest absolute Gasteiger partial charge is 0.376 e. The van der Waals surface area contributed by atoms with E-state index in [4.69, 9.17) is 4.52 Å². The summed E-state index contributed by atoms with van der Waals surface area (Å²) in [7, 11) is 0. The fourth-order valence-corrected chi connectivity index (χ4v) is 1.42. The van der Waals surface area contributed by atoms with Gasteiger partial charge in [0.05, 0.1) is 6.54 Å². The molecule has 2 rings (SSSR count). The second-order valence-corrected chi connectivity index (χ2v) is 4.42. The highest BCUT2D eigenvalue weighted by atomic mass is 16.5. The van der Waals surface area contributed by atoms with Gasteiger partial charge in [0.15, 0.2) is 5.82 Å². The van der Waals surface area contributed by atoms with E-state index in [1.165, 1.54) is 5.56 Å². The van der Waals surface area contributed by atoms with E-state index in [2.05, 4.69) is 34.5 Å². The van der Waals surface area contributed by atoms with Gasteiger partial charge in [-0.3, -0.25) is 0 Å². The summed E-state index contributed by atoms with van der Waals surface area (Å²) in [6.45, 7) is 6.71. The Morgan fingerprint density at radius 2 is 1.94 bits per heavy atom. The molecule has 90 valence electrons. The van der Waals surface area contributed by atoms with Crippen molar-refractivity contribution in [1.82, 2.24) is 10.1 Å². The highest BCUT2D eigenvalue weighted by molar-refractivity contribution is 5.44. The quantitative estimate of drug-likeness (QED) is 0.878. The maximum Gasteiger partial charge on any atom is 0.245 e. The highest BCUT2D eigenvalue weighted by Crippen LogP contribution is 2.12. The lowest BCUT2D eigenvalue weighted by Gasteiger charge is -2.02. The molecule has 1 aromatic carbocycles. The summed E-state index contributed by atoms with van der Waals surface area (Å²) in [4.78, 5) is 4.30. The summed E-state index contributed by atoms with van der Waals surface area (Å²) in [5, 5.41) is 7.16. The SMILES string of the molecule is Cc1ccc(NCc2nc(C(C)C)no2)cc1. The summed E-state index contributed by atoms with van der Waals surface area (Å²) in [5.74, 6) is 1.67. The number of aromatic nitrogens is 2. The lowest BCUT2D eigenvalue weighted by molar-refractivity contribution is 0.376. The zero-order valence-corrected chi connectivity index (χ0v) is 10.4. The number of hydrogen-bond acceptors (Lipinski definition) is 4. The van der Waals surface area contributed by atoms with Crippen LogP contribution >= 0.6 is 0 Å². The molecule has 0 atom stereocenters. The fraction of sp³-hybridized carbons (Fsp3) is 0.385. The molecule has 0 spiro atoms. The number of benzene rings is 1. The van der Waals surface area contributed by atoms with E-state index >= 15 is 0 Å². The first-order valence-corrected chi connectivity index (χ1v) is 5.78. The monoisotopic (exact) mass is 231 g/mol. The molecule has 4 heteroatoms. The van der Waals surface area contributed by atoms with Crippen LogP contribution < -0.4 is 5.32 Å². The molecule has 0 saturated carbocycles. The molecule has 0 bridgehead atoms. The van der Waals surface area contributed by atoms with Crippen molar-refractivity contribution in [1.29, 1.82) is 0 Å². The summed E-state index contributed by atoms with van der Waals surface area (Å²) >= 11 is 0. The molecule has 0 aliphatic carbocycles. The summed E-state index contributed by atoms with van der Waals surface area (Å²) < 4.78 is 5.15. The first kappa shape index (κ1) is 11.6. The number of hydrogen-bond donors (Lipinski definition) is 1. The number of rotatable bonds is 4. The number of nitrogens with one attached hydrogen (secondary N) is 1. The lowest BCUT2D eigenvalue weighted by Crippen LogP contribution is -2.00. The van der Waals surface area contributed by atoms with Crippen LogP contribution in [-0.2, 0) is 6.54 Å². The maximum absolute atomic E-state index is 5.15. The maximum atomic E-state index is 5.15. The average molecular weight is 231 g/mol. The van der Waals surface area contributed by atoms with E-state index < -0.39 is 0 Å². The number of anilines is 1. The van der Waals surface area contributed by atoms with E-state index in [0.717, 1.165) is 11.5 Å². The Bertz CT molecular complexity index is 474. The predicted octanol–water partition coefficient (Wildman–Crippen LogP) is 3.11. The molecule has 0 fully saturated rings. The van der Waals surface area contributed by atoms with Gasteiger partial charge >= 0.3 is 0 Å². The Labute approximate surface area is 101 Å². The van der Waals surface area contributed by atoms with Crippen LogP contribution in [0.2, 0.25) is 0 Å². The Morgan fingerprint density at radius 1 is 1.24 bits per heavy atom. The van der Waals surface area contributed by atoms with Gasteiger partial charge in [-0.05, 0) is 19.1 Å². The molecule has 0 amide bonds. The van der Waals surface area contributed by atoms with Gasteiger partial charge in [-0.25, -0.2) is 0 Å². The first-order valence-electron chi connectivity index (χ1n) is 5.78. The molecular weight excluding hydrogens is 214 g/mol. The van der Waals surface area contributed by atoms with Gasteiger partial charge in [0.1, 0.15) is 0 Å². The zero-order chi connectivity index (χ0) is 12.3. The van der Waals surface area contributed by atoms with Crippen molar-refractivity contribution in [2.75, 3.05) is 5.32 Å². The topological polar surface area (TPSA) is 51.0 Å². The van der Waals surface area contributed by atoms with E-state index in [1.54, 1.807) is 0 Å². The van der Waals surface area contributed by atoms with Crippen LogP contribution in [-0.4, -0.2) is 10.1 Å². The van der Waals surface area contributed by atoms with Crippen molar-refractivity contribution in [3.8, 4) is 0 Å². The molecule has 17 heavy (non-hydrogen) atoms. The van der Waals surface area contributed by atoms with E-state index in [0.29, 0.717) is 18.4 Å². The standard InChI is InChI=1S/C13H17N3O/c1-9(2)13-15-12(17-16-13)8-14-11-6-4-10(3)5-7-11/h4-7,9,14H,8H2,1-3H3. The van der Waals surface area contributed by atoms with Crippen LogP contribution in [0.5, 0.6) is 0 Å². The van der Waals surface area contributed by atoms with Crippen molar-refractivity contribution < 1.29 is 4.52 Å². The summed E-state index contributed by atoms with van der Waals surface area (Å²) in [6, 6.07) is 8.20. The third-order valence-electron chi connectivity index (χ3n) is 2.50. The lowest BCUT2D eigenvalue weighted by atomic mass is 10.2. The van der Waals surface area contributed by atoms with Gasteiger partial charge in [-0.15, -0.1) is 0 Å². The fourth-order valence-electron chi connectivity index (χ4n) is 1.42. The minimum Gasteiger partial charge on any atom is -0.376 e. The molecule has 0 saturated heterocycles. The molecule has 1 N–H and O–H groups in total. The average Bonchev–Trinajstić information content (AvgIpc) is 2.77. The van der Waals surface area contributed by atoms with Crippen molar-refractivity contribution in [2.45, 2.75) is 33.2 Å². The van der Waals surface area contributed by atoms with E-state index in [1.807, 2.05) is 26.0 Å². The number of aryl methyl sites for hydroxylation is 1. The van der Waals surface area contributed by atoms with Crippen LogP contribution in [0.1, 0.15) is 37.0 Å². The molecule has 2 aromatic rings. The second kappa shape index (κ2) is 4.99. The van der Waals surface area contributed by atoms with Gasteiger partial charge in [-0.2, -0.15) is 4.98 Å². The van der Waals surface area contributed by atoms with Crippen molar-refractivity contribution in [3.63, 3.8) is 0 Å².